The molecule has 18 heavy (non-hydrogen) atoms. The molecule has 0 aromatic heterocycles. The Morgan fingerprint density at radius 1 is 1.28 bits per heavy atom. The SMILES string of the molecule is C[C@@H]1CO[C@H](CN(C)C)CN1Cc1ccccc1. The number of likely N-dealkylation sites (N-methyl/N-ethyl adjacent to an activating group) is 1. The molecule has 0 saturated carbocycles. The lowest BCUT2D eigenvalue weighted by Crippen LogP contribution is -2.50. The minimum absolute atomic E-state index is 0.333. The van der Waals surface area contributed by atoms with E-state index in [0.717, 1.165) is 26.2 Å². The molecule has 1 saturated heterocycles. The molecular formula is C15H24N2O. The average molecular weight is 248 g/mol. The van der Waals surface area contributed by atoms with Crippen LogP contribution in [0.15, 0.2) is 30.3 Å². The van der Waals surface area contributed by atoms with Crippen molar-refractivity contribution in [3.05, 3.63) is 35.9 Å². The molecule has 1 heterocycles. The Morgan fingerprint density at radius 3 is 2.67 bits per heavy atom. The number of ether oxygens (including phenoxy) is 1. The number of nitrogens with zero attached hydrogens (tertiary/aromatic N) is 2. The third-order valence-electron chi connectivity index (χ3n) is 3.43. The molecule has 3 heteroatoms. The van der Waals surface area contributed by atoms with Crippen molar-refractivity contribution in [2.45, 2.75) is 25.6 Å². The molecule has 100 valence electrons. The summed E-state index contributed by atoms with van der Waals surface area (Å²) in [5.74, 6) is 0. The molecule has 0 unspecified atom stereocenters. The number of morpholine rings is 1. The van der Waals surface area contributed by atoms with Crippen LogP contribution in [-0.4, -0.2) is 55.7 Å². The van der Waals surface area contributed by atoms with E-state index < -0.39 is 0 Å². The van der Waals surface area contributed by atoms with Crippen LogP contribution in [0.4, 0.5) is 0 Å². The number of benzene rings is 1. The molecule has 0 N–H and O–H groups in total. The molecule has 3 nitrogen and oxygen atoms in total. The maximum Gasteiger partial charge on any atom is 0.0829 e. The van der Waals surface area contributed by atoms with Gasteiger partial charge in [0.1, 0.15) is 0 Å². The zero-order valence-corrected chi connectivity index (χ0v) is 11.7. The van der Waals surface area contributed by atoms with Crippen LogP contribution in [0.2, 0.25) is 0 Å². The Bertz CT molecular complexity index is 353. The molecule has 1 fully saturated rings. The fraction of sp³-hybridized carbons (Fsp3) is 0.600. The summed E-state index contributed by atoms with van der Waals surface area (Å²) in [7, 11) is 4.20. The topological polar surface area (TPSA) is 15.7 Å². The number of hydrogen-bond donors (Lipinski definition) is 0. The first-order chi connectivity index (χ1) is 8.65. The van der Waals surface area contributed by atoms with E-state index in [1.807, 2.05) is 0 Å². The Balaban J connectivity index is 1.93. The van der Waals surface area contributed by atoms with E-state index in [1.165, 1.54) is 5.56 Å². The van der Waals surface area contributed by atoms with E-state index in [-0.39, 0.29) is 0 Å². The van der Waals surface area contributed by atoms with E-state index in [9.17, 15) is 0 Å². The van der Waals surface area contributed by atoms with E-state index in [1.54, 1.807) is 0 Å². The highest BCUT2D eigenvalue weighted by molar-refractivity contribution is 5.14. The van der Waals surface area contributed by atoms with E-state index in [2.05, 4.69) is 61.2 Å². The Hall–Kier alpha value is -0.900. The zero-order chi connectivity index (χ0) is 13.0. The van der Waals surface area contributed by atoms with Crippen LogP contribution < -0.4 is 0 Å². The first-order valence-electron chi connectivity index (χ1n) is 6.69. The minimum atomic E-state index is 0.333. The second kappa shape index (κ2) is 6.32. The first-order valence-corrected chi connectivity index (χ1v) is 6.69. The van der Waals surface area contributed by atoms with Crippen molar-refractivity contribution >= 4 is 0 Å². The highest BCUT2D eigenvalue weighted by atomic mass is 16.5. The van der Waals surface area contributed by atoms with E-state index in [4.69, 9.17) is 4.74 Å². The molecule has 2 rings (SSSR count). The van der Waals surface area contributed by atoms with Gasteiger partial charge in [0, 0.05) is 25.7 Å². The fourth-order valence-electron chi connectivity index (χ4n) is 2.43. The molecule has 1 aliphatic heterocycles. The van der Waals surface area contributed by atoms with Crippen LogP contribution >= 0.6 is 0 Å². The van der Waals surface area contributed by atoms with Crippen LogP contribution in [0, 0.1) is 0 Å². The lowest BCUT2D eigenvalue weighted by atomic mass is 10.1. The molecule has 2 atom stereocenters. The van der Waals surface area contributed by atoms with Crippen molar-refractivity contribution in [1.82, 2.24) is 9.80 Å². The van der Waals surface area contributed by atoms with Gasteiger partial charge < -0.3 is 9.64 Å². The molecular weight excluding hydrogens is 224 g/mol. The molecule has 0 spiro atoms. The van der Waals surface area contributed by atoms with Gasteiger partial charge in [-0.05, 0) is 26.6 Å². The predicted octanol–water partition coefficient (Wildman–Crippen LogP) is 1.84. The Morgan fingerprint density at radius 2 is 2.00 bits per heavy atom. The maximum atomic E-state index is 5.89. The van der Waals surface area contributed by atoms with Gasteiger partial charge in [-0.1, -0.05) is 30.3 Å². The van der Waals surface area contributed by atoms with Gasteiger partial charge in [-0.25, -0.2) is 0 Å². The van der Waals surface area contributed by atoms with Crippen molar-refractivity contribution in [2.24, 2.45) is 0 Å². The van der Waals surface area contributed by atoms with Crippen LogP contribution in [0.25, 0.3) is 0 Å². The van der Waals surface area contributed by atoms with Crippen LogP contribution in [-0.2, 0) is 11.3 Å². The fourth-order valence-corrected chi connectivity index (χ4v) is 2.43. The molecule has 0 aliphatic carbocycles. The normalized spacial score (nSPS) is 25.6. The molecule has 0 radical (unpaired) electrons. The smallest absolute Gasteiger partial charge is 0.0829 e. The van der Waals surface area contributed by atoms with Crippen LogP contribution in [0.5, 0.6) is 0 Å². The van der Waals surface area contributed by atoms with Crippen molar-refractivity contribution in [2.75, 3.05) is 33.8 Å². The van der Waals surface area contributed by atoms with Crippen LogP contribution in [0.1, 0.15) is 12.5 Å². The average Bonchev–Trinajstić information content (AvgIpc) is 2.34. The molecule has 1 aliphatic rings. The molecule has 1 aromatic carbocycles. The van der Waals surface area contributed by atoms with Gasteiger partial charge in [-0.2, -0.15) is 0 Å². The quantitative estimate of drug-likeness (QED) is 0.808. The number of hydrogen-bond acceptors (Lipinski definition) is 3. The van der Waals surface area contributed by atoms with Crippen molar-refractivity contribution < 1.29 is 4.74 Å². The summed E-state index contributed by atoms with van der Waals surface area (Å²) in [4.78, 5) is 4.72. The lowest BCUT2D eigenvalue weighted by molar-refractivity contribution is -0.0687. The third-order valence-corrected chi connectivity index (χ3v) is 3.43. The largest absolute Gasteiger partial charge is 0.374 e. The lowest BCUT2D eigenvalue weighted by Gasteiger charge is -2.38. The van der Waals surface area contributed by atoms with Gasteiger partial charge in [0.15, 0.2) is 0 Å². The summed E-state index contributed by atoms with van der Waals surface area (Å²) in [5, 5.41) is 0. The van der Waals surface area contributed by atoms with Gasteiger partial charge in [-0.3, -0.25) is 4.90 Å². The monoisotopic (exact) mass is 248 g/mol. The number of rotatable bonds is 4. The second-order valence-electron chi connectivity index (χ2n) is 5.48. The van der Waals surface area contributed by atoms with E-state index >= 15 is 0 Å². The standard InChI is InChI=1S/C15H24N2O/c1-13-12-18-15(10-16(2)3)11-17(13)9-14-7-5-4-6-8-14/h4-8,13,15H,9-12H2,1-3H3/t13-,15-/m1/s1. The van der Waals surface area contributed by atoms with Crippen molar-refractivity contribution in [3.63, 3.8) is 0 Å². The van der Waals surface area contributed by atoms with Crippen LogP contribution in [0.3, 0.4) is 0 Å². The first kappa shape index (κ1) is 13.5. The van der Waals surface area contributed by atoms with Gasteiger partial charge >= 0.3 is 0 Å². The maximum absolute atomic E-state index is 5.89. The van der Waals surface area contributed by atoms with Gasteiger partial charge in [0.2, 0.25) is 0 Å². The zero-order valence-electron chi connectivity index (χ0n) is 11.7. The second-order valence-corrected chi connectivity index (χ2v) is 5.48. The molecule has 0 amide bonds. The predicted molar refractivity (Wildman–Crippen MR) is 74.6 cm³/mol. The Kier molecular flexibility index (Phi) is 4.75. The van der Waals surface area contributed by atoms with Crippen molar-refractivity contribution in [1.29, 1.82) is 0 Å². The highest BCUT2D eigenvalue weighted by Crippen LogP contribution is 2.15. The third kappa shape index (κ3) is 3.80. The minimum Gasteiger partial charge on any atom is -0.374 e. The summed E-state index contributed by atoms with van der Waals surface area (Å²) in [6, 6.07) is 11.2. The molecule has 0 bridgehead atoms. The van der Waals surface area contributed by atoms with Gasteiger partial charge in [-0.15, -0.1) is 0 Å². The highest BCUT2D eigenvalue weighted by Gasteiger charge is 2.26. The summed E-state index contributed by atoms with van der Waals surface area (Å²) in [6.07, 6.45) is 0.333. The van der Waals surface area contributed by atoms with Gasteiger partial charge in [0.05, 0.1) is 12.7 Å². The summed E-state index contributed by atoms with van der Waals surface area (Å²) in [6.45, 7) is 6.13. The molecule has 1 aromatic rings. The van der Waals surface area contributed by atoms with E-state index in [0.29, 0.717) is 12.1 Å². The summed E-state index contributed by atoms with van der Waals surface area (Å²) in [5.41, 5.74) is 1.38. The summed E-state index contributed by atoms with van der Waals surface area (Å²) >= 11 is 0. The Labute approximate surface area is 110 Å². The summed E-state index contributed by atoms with van der Waals surface area (Å²) < 4.78 is 5.89. The van der Waals surface area contributed by atoms with Crippen molar-refractivity contribution in [3.8, 4) is 0 Å². The van der Waals surface area contributed by atoms with Gasteiger partial charge in [0.25, 0.3) is 0 Å².